The largest absolute Gasteiger partial charge is 0.396 e. The molecule has 2 nitrogen and oxygen atoms in total. The minimum Gasteiger partial charge on any atom is -0.396 e. The first kappa shape index (κ1) is 16.1. The summed E-state index contributed by atoms with van der Waals surface area (Å²) in [5.74, 6) is 0.813. The van der Waals surface area contributed by atoms with Crippen LogP contribution in [0.3, 0.4) is 0 Å². The molecule has 0 aliphatic carbocycles. The van der Waals surface area contributed by atoms with E-state index in [9.17, 15) is 4.79 Å². The number of carbonyl (C=O) groups excluding carboxylic acids is 1. The summed E-state index contributed by atoms with van der Waals surface area (Å²) >= 11 is 0. The molecule has 0 unspecified atom stereocenters. The van der Waals surface area contributed by atoms with E-state index < -0.39 is 0 Å². The van der Waals surface area contributed by atoms with Gasteiger partial charge in [0.2, 0.25) is 0 Å². The van der Waals surface area contributed by atoms with Crippen LogP contribution in [0.2, 0.25) is 0 Å². The smallest absolute Gasteiger partial charge is 0.130 e. The predicted molar refractivity (Wildman–Crippen MR) is 61.4 cm³/mol. The average molecular weight is 202 g/mol. The Kier molecular flexibility index (Phi) is 14.5. The Morgan fingerprint density at radius 2 is 1.79 bits per heavy atom. The molecule has 0 amide bonds. The summed E-state index contributed by atoms with van der Waals surface area (Å²) in [7, 11) is 0. The second kappa shape index (κ2) is 12.6. The molecular weight excluding hydrogens is 176 g/mol. The first-order valence-electron chi connectivity index (χ1n) is 5.64. The van der Waals surface area contributed by atoms with E-state index in [0.717, 1.165) is 12.8 Å². The number of unbranched alkanes of at least 4 members (excludes halogenated alkanes) is 3. The highest BCUT2D eigenvalue weighted by molar-refractivity contribution is 5.75. The van der Waals surface area contributed by atoms with Gasteiger partial charge in [0, 0.05) is 13.0 Å². The van der Waals surface area contributed by atoms with Crippen LogP contribution in [-0.4, -0.2) is 17.5 Å². The van der Waals surface area contributed by atoms with E-state index in [-0.39, 0.29) is 5.78 Å². The molecule has 0 spiro atoms. The predicted octanol–water partition coefficient (Wildman–Crippen LogP) is 3.18. The molecule has 0 bridgehead atoms. The van der Waals surface area contributed by atoms with Gasteiger partial charge in [-0.1, -0.05) is 40.0 Å². The maximum absolute atomic E-state index is 10.3. The summed E-state index contributed by atoms with van der Waals surface area (Å²) in [5, 5.41) is 8.29. The molecule has 0 fully saturated rings. The minimum absolute atomic E-state index is 0.287. The fraction of sp³-hybridized carbons (Fsp3) is 0.917. The molecule has 0 saturated carbocycles. The van der Waals surface area contributed by atoms with Gasteiger partial charge in [0.15, 0.2) is 0 Å². The van der Waals surface area contributed by atoms with E-state index in [1.807, 2.05) is 13.8 Å². The van der Waals surface area contributed by atoms with Crippen molar-refractivity contribution in [3.8, 4) is 0 Å². The number of Topliss-reactive ketones (excluding diaryl/α,β-unsaturated/α-hetero) is 1. The molecule has 14 heavy (non-hydrogen) atoms. The standard InChI is InChI=1S/C6H12O.C6H14O/c1-5(2)4-6(3)7;1-2-3-4-5-6-7/h5H,4H2,1-3H3;7H,2-6H2,1H3. The SMILES string of the molecule is CC(=O)CC(C)C.CCCCCCO. The Labute approximate surface area is 88.7 Å². The summed E-state index contributed by atoms with van der Waals surface area (Å²) in [6.07, 6.45) is 5.40. The average Bonchev–Trinajstić information content (AvgIpc) is 2.04. The summed E-state index contributed by atoms with van der Waals surface area (Å²) < 4.78 is 0. The quantitative estimate of drug-likeness (QED) is 0.672. The zero-order valence-electron chi connectivity index (χ0n) is 10.2. The van der Waals surface area contributed by atoms with Crippen LogP contribution < -0.4 is 0 Å². The van der Waals surface area contributed by atoms with Gasteiger partial charge in [-0.15, -0.1) is 0 Å². The molecule has 0 heterocycles. The van der Waals surface area contributed by atoms with Crippen LogP contribution in [0.5, 0.6) is 0 Å². The van der Waals surface area contributed by atoms with Crippen molar-refractivity contribution in [2.75, 3.05) is 6.61 Å². The van der Waals surface area contributed by atoms with Crippen LogP contribution in [0, 0.1) is 5.92 Å². The summed E-state index contributed by atoms with van der Waals surface area (Å²) in [4.78, 5) is 10.3. The van der Waals surface area contributed by atoms with E-state index in [0.29, 0.717) is 12.5 Å². The molecule has 0 aromatic heterocycles. The Balaban J connectivity index is 0. The zero-order valence-corrected chi connectivity index (χ0v) is 10.2. The number of rotatable bonds is 6. The van der Waals surface area contributed by atoms with Crippen molar-refractivity contribution in [3.63, 3.8) is 0 Å². The van der Waals surface area contributed by atoms with E-state index in [2.05, 4.69) is 6.92 Å². The summed E-state index contributed by atoms with van der Waals surface area (Å²) in [5.41, 5.74) is 0. The van der Waals surface area contributed by atoms with Gasteiger partial charge in [0.05, 0.1) is 0 Å². The van der Waals surface area contributed by atoms with E-state index in [1.54, 1.807) is 6.92 Å². The fourth-order valence-corrected chi connectivity index (χ4v) is 1.11. The van der Waals surface area contributed by atoms with Crippen molar-refractivity contribution in [2.24, 2.45) is 5.92 Å². The number of aliphatic hydroxyl groups excluding tert-OH is 1. The fourth-order valence-electron chi connectivity index (χ4n) is 1.11. The Bertz CT molecular complexity index is 115. The molecule has 1 N–H and O–H groups in total. The maximum Gasteiger partial charge on any atom is 0.130 e. The van der Waals surface area contributed by atoms with Gasteiger partial charge in [-0.25, -0.2) is 0 Å². The molecule has 0 aliphatic heterocycles. The number of carbonyl (C=O) groups is 1. The zero-order chi connectivity index (χ0) is 11.4. The van der Waals surface area contributed by atoms with Crippen LogP contribution in [-0.2, 0) is 4.79 Å². The lowest BCUT2D eigenvalue weighted by molar-refractivity contribution is -0.117. The molecule has 0 radical (unpaired) electrons. The van der Waals surface area contributed by atoms with Gasteiger partial charge in [0.1, 0.15) is 5.78 Å². The molecule has 0 rings (SSSR count). The Morgan fingerprint density at radius 1 is 1.21 bits per heavy atom. The normalized spacial score (nSPS) is 9.57. The van der Waals surface area contributed by atoms with Crippen LogP contribution in [0.25, 0.3) is 0 Å². The van der Waals surface area contributed by atoms with Gasteiger partial charge in [-0.3, -0.25) is 0 Å². The molecule has 0 aliphatic rings. The van der Waals surface area contributed by atoms with E-state index in [4.69, 9.17) is 5.11 Å². The molecule has 0 atom stereocenters. The lowest BCUT2D eigenvalue weighted by atomic mass is 10.1. The van der Waals surface area contributed by atoms with Gasteiger partial charge < -0.3 is 9.90 Å². The Hall–Kier alpha value is -0.370. The molecular formula is C12H26O2. The van der Waals surface area contributed by atoms with E-state index in [1.165, 1.54) is 19.3 Å². The number of hydrogen-bond donors (Lipinski definition) is 1. The van der Waals surface area contributed by atoms with Crippen LogP contribution in [0.4, 0.5) is 0 Å². The van der Waals surface area contributed by atoms with Crippen molar-refractivity contribution < 1.29 is 9.90 Å². The van der Waals surface area contributed by atoms with Crippen LogP contribution in [0.1, 0.15) is 59.8 Å². The second-order valence-electron chi connectivity index (χ2n) is 4.08. The van der Waals surface area contributed by atoms with Gasteiger partial charge in [-0.2, -0.15) is 0 Å². The highest BCUT2D eigenvalue weighted by Crippen LogP contribution is 1.97. The lowest BCUT2D eigenvalue weighted by Crippen LogP contribution is -1.95. The van der Waals surface area contributed by atoms with Crippen LogP contribution >= 0.6 is 0 Å². The third-order valence-electron chi connectivity index (χ3n) is 1.71. The van der Waals surface area contributed by atoms with Gasteiger partial charge >= 0.3 is 0 Å². The second-order valence-corrected chi connectivity index (χ2v) is 4.08. The highest BCUT2D eigenvalue weighted by atomic mass is 16.2. The number of ketones is 1. The summed E-state index contributed by atoms with van der Waals surface area (Å²) in [6.45, 7) is 8.24. The van der Waals surface area contributed by atoms with Crippen molar-refractivity contribution >= 4 is 5.78 Å². The van der Waals surface area contributed by atoms with E-state index >= 15 is 0 Å². The molecule has 2 heteroatoms. The van der Waals surface area contributed by atoms with Crippen LogP contribution in [0.15, 0.2) is 0 Å². The first-order chi connectivity index (χ1) is 6.54. The van der Waals surface area contributed by atoms with Crippen molar-refractivity contribution in [1.82, 2.24) is 0 Å². The molecule has 0 saturated heterocycles. The summed E-state index contributed by atoms with van der Waals surface area (Å²) in [6, 6.07) is 0. The van der Waals surface area contributed by atoms with Crippen molar-refractivity contribution in [2.45, 2.75) is 59.8 Å². The van der Waals surface area contributed by atoms with Gasteiger partial charge in [0.25, 0.3) is 0 Å². The lowest BCUT2D eigenvalue weighted by Gasteiger charge is -1.95. The maximum atomic E-state index is 10.3. The van der Waals surface area contributed by atoms with Crippen molar-refractivity contribution in [3.05, 3.63) is 0 Å². The molecule has 0 aromatic rings. The number of aliphatic hydroxyl groups is 1. The Morgan fingerprint density at radius 3 is 2.00 bits per heavy atom. The third kappa shape index (κ3) is 22.6. The monoisotopic (exact) mass is 202 g/mol. The first-order valence-corrected chi connectivity index (χ1v) is 5.64. The molecule has 86 valence electrons. The third-order valence-corrected chi connectivity index (χ3v) is 1.71. The molecule has 0 aromatic carbocycles. The minimum atomic E-state index is 0.287. The topological polar surface area (TPSA) is 37.3 Å². The van der Waals surface area contributed by atoms with Gasteiger partial charge in [-0.05, 0) is 19.3 Å². The van der Waals surface area contributed by atoms with Crippen molar-refractivity contribution in [1.29, 1.82) is 0 Å². The highest BCUT2D eigenvalue weighted by Gasteiger charge is 1.95. The number of hydrogen-bond acceptors (Lipinski definition) is 2.